The second-order valence-corrected chi connectivity index (χ2v) is 12.3. The van der Waals surface area contributed by atoms with E-state index in [1.165, 1.54) is 19.2 Å². The Morgan fingerprint density at radius 3 is 2.55 bits per heavy atom. The number of fused-ring (bicyclic) bond motifs is 2. The number of benzene rings is 3. The molecule has 1 aliphatic rings. The molecule has 0 spiro atoms. The number of para-hydroxylation sites is 1. The summed E-state index contributed by atoms with van der Waals surface area (Å²) in [6, 6.07) is 15.1. The zero-order valence-electron chi connectivity index (χ0n) is 26.2. The molecule has 1 aromatic heterocycles. The van der Waals surface area contributed by atoms with Gasteiger partial charge in [-0.1, -0.05) is 36.7 Å². The smallest absolute Gasteiger partial charge is 0.491 e. The number of hydrogen-bond acceptors (Lipinski definition) is 6. The number of carbonyl (C=O) groups excluding carboxylic acids is 3. The molecule has 0 bridgehead atoms. The Balaban J connectivity index is 1.57. The molecule has 47 heavy (non-hydrogen) atoms. The zero-order chi connectivity index (χ0) is 34.0. The van der Waals surface area contributed by atoms with Crippen molar-refractivity contribution in [3.63, 3.8) is 0 Å². The van der Waals surface area contributed by atoms with E-state index in [1.807, 2.05) is 49.3 Å². The van der Waals surface area contributed by atoms with Gasteiger partial charge in [-0.25, -0.2) is 4.79 Å². The lowest BCUT2D eigenvalue weighted by atomic mass is 9.88. The van der Waals surface area contributed by atoms with Crippen molar-refractivity contribution in [1.82, 2.24) is 15.2 Å². The van der Waals surface area contributed by atoms with Gasteiger partial charge in [0, 0.05) is 52.9 Å². The van der Waals surface area contributed by atoms with E-state index in [0.29, 0.717) is 30.2 Å². The van der Waals surface area contributed by atoms with Gasteiger partial charge in [0.15, 0.2) is 0 Å². The van der Waals surface area contributed by atoms with Gasteiger partial charge in [-0.2, -0.15) is 13.2 Å². The maximum Gasteiger partial charge on any atom is 0.491 e. The highest BCUT2D eigenvalue weighted by atomic mass is 35.5. The lowest BCUT2D eigenvalue weighted by Crippen LogP contribution is -2.54. The van der Waals surface area contributed by atoms with Crippen molar-refractivity contribution in [3.8, 4) is 11.5 Å². The Morgan fingerprint density at radius 2 is 1.85 bits per heavy atom. The van der Waals surface area contributed by atoms with E-state index in [4.69, 9.17) is 16.3 Å². The number of H-pyrrole nitrogens is 1. The molecule has 3 aromatic carbocycles. The van der Waals surface area contributed by atoms with Gasteiger partial charge in [-0.15, -0.1) is 0 Å². The van der Waals surface area contributed by atoms with Gasteiger partial charge in [-0.05, 0) is 74.0 Å². The molecule has 0 radical (unpaired) electrons. The minimum atomic E-state index is -5.31. The average molecular weight is 671 g/mol. The Labute approximate surface area is 274 Å². The van der Waals surface area contributed by atoms with E-state index >= 15 is 0 Å². The van der Waals surface area contributed by atoms with Crippen LogP contribution >= 0.6 is 11.6 Å². The first-order valence-corrected chi connectivity index (χ1v) is 15.2. The maximum atomic E-state index is 14.7. The highest BCUT2D eigenvalue weighted by molar-refractivity contribution is 6.30. The standard InChI is InChI=1S/C34H34ClF3N4O5/c1-19(26-16-39-27-8-6-5-7-24(26)27)30(32(44)42-18-20(17-41(2)3)13-21-14-22(35)9-12-28(21)42)40-31(43)25-11-10-23(46-4)15-29(25)47-33(45)34(36,37)38/h5-12,14-16,19-20,30,39H,13,17-18H2,1-4H3,(H,40,43)/t19?,20-,30?/m1/s1. The first-order valence-electron chi connectivity index (χ1n) is 14.8. The third kappa shape index (κ3) is 7.39. The second-order valence-electron chi connectivity index (χ2n) is 11.8. The van der Waals surface area contributed by atoms with Gasteiger partial charge >= 0.3 is 12.1 Å². The summed E-state index contributed by atoms with van der Waals surface area (Å²) in [6.07, 6.45) is -2.86. The van der Waals surface area contributed by atoms with E-state index in [0.717, 1.165) is 28.1 Å². The Morgan fingerprint density at radius 1 is 1.11 bits per heavy atom. The summed E-state index contributed by atoms with van der Waals surface area (Å²) in [5.74, 6) is -5.02. The predicted molar refractivity (Wildman–Crippen MR) is 172 cm³/mol. The first kappa shape index (κ1) is 33.8. The highest BCUT2D eigenvalue weighted by Crippen LogP contribution is 2.36. The number of methoxy groups -OCH3 is 1. The van der Waals surface area contributed by atoms with Gasteiger partial charge in [-0.3, -0.25) is 9.59 Å². The van der Waals surface area contributed by atoms with Gasteiger partial charge < -0.3 is 29.6 Å². The number of halogens is 4. The molecule has 2 amide bonds. The van der Waals surface area contributed by atoms with Crippen LogP contribution in [0.1, 0.15) is 34.3 Å². The summed E-state index contributed by atoms with van der Waals surface area (Å²) in [5, 5.41) is 4.14. The number of aromatic nitrogens is 1. The normalized spacial score (nSPS) is 16.0. The Kier molecular flexibility index (Phi) is 9.83. The monoisotopic (exact) mass is 670 g/mol. The third-order valence-corrected chi connectivity index (χ3v) is 8.44. The number of amides is 2. The topological polar surface area (TPSA) is 104 Å². The van der Waals surface area contributed by atoms with Crippen LogP contribution in [0.4, 0.5) is 18.9 Å². The van der Waals surface area contributed by atoms with Crippen LogP contribution in [0.2, 0.25) is 5.02 Å². The van der Waals surface area contributed by atoms with Crippen molar-refractivity contribution >= 4 is 46.0 Å². The van der Waals surface area contributed by atoms with Crippen molar-refractivity contribution in [2.45, 2.75) is 31.5 Å². The lowest BCUT2D eigenvalue weighted by Gasteiger charge is -2.38. The van der Waals surface area contributed by atoms with Crippen molar-refractivity contribution in [3.05, 3.63) is 88.6 Å². The highest BCUT2D eigenvalue weighted by Gasteiger charge is 2.42. The van der Waals surface area contributed by atoms with Gasteiger partial charge in [0.2, 0.25) is 5.91 Å². The Hall–Kier alpha value is -4.55. The number of nitrogens with zero attached hydrogens (tertiary/aromatic N) is 2. The molecule has 1 aliphatic heterocycles. The number of esters is 1. The number of ether oxygens (including phenoxy) is 2. The molecular weight excluding hydrogens is 637 g/mol. The summed E-state index contributed by atoms with van der Waals surface area (Å²) >= 11 is 6.34. The average Bonchev–Trinajstić information content (AvgIpc) is 3.46. The van der Waals surface area contributed by atoms with Crippen LogP contribution in [0.5, 0.6) is 11.5 Å². The fraction of sp³-hybridized carbons (Fsp3) is 0.324. The van der Waals surface area contributed by atoms with Crippen LogP contribution in [0.15, 0.2) is 66.9 Å². The molecule has 13 heteroatoms. The molecule has 0 aliphatic carbocycles. The van der Waals surface area contributed by atoms with E-state index in [2.05, 4.69) is 15.0 Å². The molecule has 9 nitrogen and oxygen atoms in total. The van der Waals surface area contributed by atoms with Crippen LogP contribution in [0.3, 0.4) is 0 Å². The summed E-state index contributed by atoms with van der Waals surface area (Å²) in [5.41, 5.74) is 2.72. The fourth-order valence-corrected chi connectivity index (χ4v) is 6.25. The molecule has 248 valence electrons. The molecule has 3 atom stereocenters. The van der Waals surface area contributed by atoms with Crippen LogP contribution in [0, 0.1) is 5.92 Å². The number of alkyl halides is 3. The third-order valence-electron chi connectivity index (χ3n) is 8.20. The minimum Gasteiger partial charge on any atom is -0.497 e. The minimum absolute atomic E-state index is 0.0506. The van der Waals surface area contributed by atoms with Crippen molar-refractivity contribution in [2.24, 2.45) is 5.92 Å². The van der Waals surface area contributed by atoms with Crippen molar-refractivity contribution < 1.29 is 37.0 Å². The molecule has 0 saturated carbocycles. The Bertz CT molecular complexity index is 1810. The summed E-state index contributed by atoms with van der Waals surface area (Å²) < 4.78 is 49.1. The van der Waals surface area contributed by atoms with Crippen LogP contribution in [-0.2, 0) is 16.0 Å². The number of rotatable bonds is 9. The number of nitrogens with one attached hydrogen (secondary N) is 2. The van der Waals surface area contributed by atoms with Crippen molar-refractivity contribution in [1.29, 1.82) is 0 Å². The van der Waals surface area contributed by atoms with Gasteiger partial charge in [0.25, 0.3) is 5.91 Å². The number of anilines is 1. The lowest BCUT2D eigenvalue weighted by molar-refractivity contribution is -0.189. The molecule has 5 rings (SSSR count). The molecule has 2 N–H and O–H groups in total. The molecule has 0 saturated heterocycles. The largest absolute Gasteiger partial charge is 0.497 e. The maximum absolute atomic E-state index is 14.7. The van der Waals surface area contributed by atoms with Gasteiger partial charge in [0.05, 0.1) is 12.7 Å². The predicted octanol–water partition coefficient (Wildman–Crippen LogP) is 5.97. The molecule has 2 heterocycles. The molecule has 0 fully saturated rings. The van der Waals surface area contributed by atoms with Crippen LogP contribution < -0.4 is 19.7 Å². The van der Waals surface area contributed by atoms with E-state index in [1.54, 1.807) is 30.2 Å². The quantitative estimate of drug-likeness (QED) is 0.168. The van der Waals surface area contributed by atoms with Crippen LogP contribution in [0.25, 0.3) is 10.9 Å². The summed E-state index contributed by atoms with van der Waals surface area (Å²) in [7, 11) is 5.16. The van der Waals surface area contributed by atoms with Gasteiger partial charge in [0.1, 0.15) is 17.5 Å². The first-order chi connectivity index (χ1) is 22.3. The number of carbonyl (C=O) groups is 3. The van der Waals surface area contributed by atoms with E-state index < -0.39 is 41.7 Å². The fourth-order valence-electron chi connectivity index (χ4n) is 6.06. The summed E-state index contributed by atoms with van der Waals surface area (Å²) in [4.78, 5) is 47.3. The number of hydrogen-bond donors (Lipinski definition) is 2. The SMILES string of the molecule is COc1ccc(C(=O)NC(C(=O)N2C[C@@H](CN(C)C)Cc3cc(Cl)ccc32)C(C)c2c[nH]c3ccccc23)c(OC(=O)C(F)(F)F)c1. The second kappa shape index (κ2) is 13.7. The summed E-state index contributed by atoms with van der Waals surface area (Å²) in [6.45, 7) is 2.83. The molecule has 2 unspecified atom stereocenters. The van der Waals surface area contributed by atoms with E-state index in [9.17, 15) is 27.6 Å². The zero-order valence-corrected chi connectivity index (χ0v) is 26.9. The molecular formula is C34H34ClF3N4O5. The number of aromatic amines is 1. The van der Waals surface area contributed by atoms with E-state index in [-0.39, 0.29) is 17.2 Å². The van der Waals surface area contributed by atoms with Crippen LogP contribution in [-0.4, -0.2) is 74.2 Å². The van der Waals surface area contributed by atoms with Crippen molar-refractivity contribution in [2.75, 3.05) is 39.2 Å². The molecule has 4 aromatic rings.